The maximum atomic E-state index is 5.76. The highest BCUT2D eigenvalue weighted by Gasteiger charge is 2.13. The van der Waals surface area contributed by atoms with E-state index in [2.05, 4.69) is 20.4 Å². The van der Waals surface area contributed by atoms with E-state index in [0.717, 1.165) is 42.9 Å². The Morgan fingerprint density at radius 1 is 1.15 bits per heavy atom. The number of rotatable bonds is 6. The molecule has 1 aliphatic heterocycles. The molecular weight excluding hydrogens is 326 g/mol. The molecule has 0 aliphatic carbocycles. The van der Waals surface area contributed by atoms with Crippen molar-refractivity contribution in [3.8, 4) is 16.9 Å². The van der Waals surface area contributed by atoms with E-state index >= 15 is 0 Å². The van der Waals surface area contributed by atoms with Crippen LogP contribution in [0.5, 0.6) is 0 Å². The van der Waals surface area contributed by atoms with Gasteiger partial charge < -0.3 is 10.1 Å². The van der Waals surface area contributed by atoms with Crippen LogP contribution in [0.15, 0.2) is 55.0 Å². The summed E-state index contributed by atoms with van der Waals surface area (Å²) in [6, 6.07) is 11.9. The van der Waals surface area contributed by atoms with Crippen molar-refractivity contribution < 1.29 is 4.74 Å². The zero-order valence-electron chi connectivity index (χ0n) is 14.7. The summed E-state index contributed by atoms with van der Waals surface area (Å²) in [5, 5.41) is 7.75. The van der Waals surface area contributed by atoms with Gasteiger partial charge in [0.1, 0.15) is 0 Å². The number of nitrogens with one attached hydrogen (secondary N) is 1. The maximum absolute atomic E-state index is 5.76. The van der Waals surface area contributed by atoms with Gasteiger partial charge >= 0.3 is 0 Å². The van der Waals surface area contributed by atoms with Gasteiger partial charge in [-0.15, -0.1) is 0 Å². The first-order valence-electron chi connectivity index (χ1n) is 9.17. The van der Waals surface area contributed by atoms with Gasteiger partial charge in [-0.2, -0.15) is 5.10 Å². The van der Waals surface area contributed by atoms with Crippen LogP contribution >= 0.6 is 0 Å². The van der Waals surface area contributed by atoms with Gasteiger partial charge in [-0.25, -0.2) is 14.6 Å². The second-order valence-electron chi connectivity index (χ2n) is 6.48. The fourth-order valence-corrected chi connectivity index (χ4v) is 3.16. The van der Waals surface area contributed by atoms with Gasteiger partial charge in [0.25, 0.3) is 0 Å². The fraction of sp³-hybridized carbons (Fsp3) is 0.350. The van der Waals surface area contributed by atoms with E-state index in [1.165, 1.54) is 12.8 Å². The van der Waals surface area contributed by atoms with E-state index < -0.39 is 0 Å². The minimum absolute atomic E-state index is 0.364. The molecule has 0 amide bonds. The topological polar surface area (TPSA) is 64.9 Å². The molecule has 1 fully saturated rings. The van der Waals surface area contributed by atoms with Crippen LogP contribution in [0.2, 0.25) is 0 Å². The summed E-state index contributed by atoms with van der Waals surface area (Å²) in [6.07, 6.45) is 10.5. The number of anilines is 1. The van der Waals surface area contributed by atoms with E-state index in [1.807, 2.05) is 53.5 Å². The predicted octanol–water partition coefficient (Wildman–Crippen LogP) is 3.70. The van der Waals surface area contributed by atoms with Crippen LogP contribution in [0.4, 0.5) is 5.95 Å². The van der Waals surface area contributed by atoms with Crippen molar-refractivity contribution in [1.82, 2.24) is 19.7 Å². The van der Waals surface area contributed by atoms with Crippen LogP contribution in [0.3, 0.4) is 0 Å². The summed E-state index contributed by atoms with van der Waals surface area (Å²) in [6.45, 7) is 1.71. The lowest BCUT2D eigenvalue weighted by molar-refractivity contribution is 0.0134. The monoisotopic (exact) mass is 349 g/mol. The van der Waals surface area contributed by atoms with E-state index in [-0.39, 0.29) is 0 Å². The molecule has 3 heterocycles. The number of benzene rings is 1. The van der Waals surface area contributed by atoms with Crippen LogP contribution in [-0.2, 0) is 4.74 Å². The number of hydrogen-bond donors (Lipinski definition) is 1. The Kier molecular flexibility index (Phi) is 5.21. The number of para-hydroxylation sites is 1. The molecule has 0 bridgehead atoms. The maximum Gasteiger partial charge on any atom is 0.223 e. The Hall–Kier alpha value is -2.73. The van der Waals surface area contributed by atoms with Crippen LogP contribution in [-0.4, -0.2) is 39.0 Å². The molecule has 134 valence electrons. The standard InChI is InChI=1S/C20H23N5O/c1-2-6-17(7-3-1)25-15-16(14-23-25)19-10-12-22-20(24-19)21-11-9-18-8-4-5-13-26-18/h1-3,6-7,10,12,14-15,18H,4-5,8-9,11,13H2,(H,21,22,24). The third-order valence-electron chi connectivity index (χ3n) is 4.58. The summed E-state index contributed by atoms with van der Waals surface area (Å²) >= 11 is 0. The van der Waals surface area contributed by atoms with Crippen molar-refractivity contribution in [2.24, 2.45) is 0 Å². The Bertz CT molecular complexity index is 827. The molecule has 4 rings (SSSR count). The summed E-state index contributed by atoms with van der Waals surface area (Å²) in [5.41, 5.74) is 2.85. The lowest BCUT2D eigenvalue weighted by Crippen LogP contribution is -2.22. The third kappa shape index (κ3) is 4.08. The first-order valence-corrected chi connectivity index (χ1v) is 9.17. The Morgan fingerprint density at radius 2 is 2.08 bits per heavy atom. The molecule has 1 atom stereocenters. The Balaban J connectivity index is 1.40. The zero-order chi connectivity index (χ0) is 17.6. The minimum Gasteiger partial charge on any atom is -0.378 e. The summed E-state index contributed by atoms with van der Waals surface area (Å²) in [7, 11) is 0. The van der Waals surface area contributed by atoms with Crippen molar-refractivity contribution in [2.45, 2.75) is 31.8 Å². The van der Waals surface area contributed by atoms with E-state index in [0.29, 0.717) is 12.1 Å². The lowest BCUT2D eigenvalue weighted by atomic mass is 10.1. The molecule has 0 radical (unpaired) electrons. The van der Waals surface area contributed by atoms with Gasteiger partial charge in [0, 0.05) is 31.1 Å². The quantitative estimate of drug-likeness (QED) is 0.735. The lowest BCUT2D eigenvalue weighted by Gasteiger charge is -2.22. The average molecular weight is 349 g/mol. The number of aromatic nitrogens is 4. The summed E-state index contributed by atoms with van der Waals surface area (Å²) < 4.78 is 7.61. The predicted molar refractivity (Wildman–Crippen MR) is 101 cm³/mol. The first kappa shape index (κ1) is 16.7. The molecule has 6 nitrogen and oxygen atoms in total. The van der Waals surface area contributed by atoms with Crippen molar-refractivity contribution in [3.63, 3.8) is 0 Å². The van der Waals surface area contributed by atoms with Crippen LogP contribution < -0.4 is 5.32 Å². The van der Waals surface area contributed by atoms with Gasteiger partial charge in [-0.05, 0) is 43.9 Å². The second-order valence-corrected chi connectivity index (χ2v) is 6.48. The third-order valence-corrected chi connectivity index (χ3v) is 4.58. The molecule has 3 aromatic rings. The van der Waals surface area contributed by atoms with Gasteiger partial charge in [-0.3, -0.25) is 0 Å². The molecule has 1 unspecified atom stereocenters. The highest BCUT2D eigenvalue weighted by atomic mass is 16.5. The fourth-order valence-electron chi connectivity index (χ4n) is 3.16. The molecule has 1 aromatic carbocycles. The van der Waals surface area contributed by atoms with Crippen molar-refractivity contribution in [3.05, 3.63) is 55.0 Å². The second kappa shape index (κ2) is 8.10. The summed E-state index contributed by atoms with van der Waals surface area (Å²) in [4.78, 5) is 8.94. The molecule has 26 heavy (non-hydrogen) atoms. The normalized spacial score (nSPS) is 17.2. The molecule has 2 aromatic heterocycles. The summed E-state index contributed by atoms with van der Waals surface area (Å²) in [5.74, 6) is 0.644. The molecule has 1 aliphatic rings. The molecule has 6 heteroatoms. The van der Waals surface area contributed by atoms with Crippen molar-refractivity contribution >= 4 is 5.95 Å². The van der Waals surface area contributed by atoms with Crippen LogP contribution in [0, 0.1) is 0 Å². The Morgan fingerprint density at radius 3 is 2.92 bits per heavy atom. The zero-order valence-corrected chi connectivity index (χ0v) is 14.7. The molecule has 0 saturated carbocycles. The number of nitrogens with zero attached hydrogens (tertiary/aromatic N) is 4. The smallest absolute Gasteiger partial charge is 0.223 e. The SMILES string of the molecule is c1ccc(-n2cc(-c3ccnc(NCCC4CCCCO4)n3)cn2)cc1. The molecular formula is C20H23N5O. The van der Waals surface area contributed by atoms with Gasteiger partial charge in [0.15, 0.2) is 0 Å². The van der Waals surface area contributed by atoms with Crippen molar-refractivity contribution in [1.29, 1.82) is 0 Å². The highest BCUT2D eigenvalue weighted by molar-refractivity contribution is 5.58. The molecule has 1 N–H and O–H groups in total. The largest absolute Gasteiger partial charge is 0.378 e. The number of ether oxygens (including phenoxy) is 1. The first-order chi connectivity index (χ1) is 12.9. The highest BCUT2D eigenvalue weighted by Crippen LogP contribution is 2.19. The minimum atomic E-state index is 0.364. The Labute approximate surface area is 153 Å². The van der Waals surface area contributed by atoms with Gasteiger partial charge in [0.2, 0.25) is 5.95 Å². The molecule has 1 saturated heterocycles. The van der Waals surface area contributed by atoms with Gasteiger partial charge in [-0.1, -0.05) is 18.2 Å². The number of hydrogen-bond acceptors (Lipinski definition) is 5. The average Bonchev–Trinajstić information content (AvgIpc) is 3.20. The van der Waals surface area contributed by atoms with E-state index in [9.17, 15) is 0 Å². The van der Waals surface area contributed by atoms with Crippen molar-refractivity contribution in [2.75, 3.05) is 18.5 Å². The van der Waals surface area contributed by atoms with Gasteiger partial charge in [0.05, 0.1) is 23.7 Å². The van der Waals surface area contributed by atoms with Crippen LogP contribution in [0.25, 0.3) is 16.9 Å². The van der Waals surface area contributed by atoms with Crippen LogP contribution in [0.1, 0.15) is 25.7 Å². The molecule has 0 spiro atoms. The van der Waals surface area contributed by atoms with E-state index in [4.69, 9.17) is 4.74 Å². The van der Waals surface area contributed by atoms with E-state index in [1.54, 1.807) is 6.20 Å².